The number of nitro groups is 1. The zero-order chi connectivity index (χ0) is 24.0. The molecule has 0 spiro atoms. The molecule has 180 valence electrons. The molecule has 1 aromatic carbocycles. The van der Waals surface area contributed by atoms with Gasteiger partial charge in [-0.3, -0.25) is 14.9 Å². The van der Waals surface area contributed by atoms with Gasteiger partial charge in [0.25, 0.3) is 5.69 Å². The SMILES string of the molecule is COC(=O)C12CC3C[C@H](C1)C(OC(=O)N1CCC(Nc4ccc(C#N)cc4[N+](=O)[O-])C1)[C@H](C3)C2. The molecule has 10 nitrogen and oxygen atoms in total. The van der Waals surface area contributed by atoms with Crippen LogP contribution in [0.15, 0.2) is 18.2 Å². The summed E-state index contributed by atoms with van der Waals surface area (Å²) in [6.07, 6.45) is 4.40. The third-order valence-electron chi connectivity index (χ3n) is 8.17. The maximum absolute atomic E-state index is 13.0. The maximum atomic E-state index is 13.0. The summed E-state index contributed by atoms with van der Waals surface area (Å²) >= 11 is 0. The molecule has 5 aliphatic rings. The first-order valence-electron chi connectivity index (χ1n) is 11.8. The van der Waals surface area contributed by atoms with Gasteiger partial charge in [0.2, 0.25) is 0 Å². The first-order chi connectivity index (χ1) is 16.3. The number of nitrogens with one attached hydrogen (secondary N) is 1. The fraction of sp³-hybridized carbons (Fsp3) is 0.625. The topological polar surface area (TPSA) is 135 Å². The number of anilines is 1. The first-order valence-corrected chi connectivity index (χ1v) is 11.8. The molecule has 4 bridgehead atoms. The van der Waals surface area contributed by atoms with Gasteiger partial charge in [0.1, 0.15) is 11.8 Å². The molecule has 0 aromatic heterocycles. The lowest BCUT2D eigenvalue weighted by molar-refractivity contribution is -0.384. The van der Waals surface area contributed by atoms with E-state index in [2.05, 4.69) is 5.32 Å². The van der Waals surface area contributed by atoms with Crippen molar-refractivity contribution in [1.29, 1.82) is 5.26 Å². The Morgan fingerprint density at radius 3 is 2.65 bits per heavy atom. The normalized spacial score (nSPS) is 33.3. The standard InChI is InChI=1S/C24H28N4O6/c1-33-22(29)24-9-15-6-16(10-24)21(17(7-15)11-24)34-23(30)27-5-4-18(13-27)26-19-3-2-14(12-25)8-20(19)28(31)32/h2-3,8,15-18,21,26H,4-7,9-11,13H2,1H3/t15?,16-,17-,18?,21?,24?/m1/s1. The first kappa shape index (κ1) is 22.4. The number of nitriles is 1. The molecule has 5 fully saturated rings. The summed E-state index contributed by atoms with van der Waals surface area (Å²) in [5, 5.41) is 23.6. The summed E-state index contributed by atoms with van der Waals surface area (Å²) in [6, 6.07) is 6.07. The van der Waals surface area contributed by atoms with Crippen LogP contribution in [0.5, 0.6) is 0 Å². The molecule has 1 saturated heterocycles. The van der Waals surface area contributed by atoms with Crippen molar-refractivity contribution in [3.8, 4) is 6.07 Å². The van der Waals surface area contributed by atoms with Gasteiger partial charge in [-0.25, -0.2) is 4.79 Å². The molecule has 34 heavy (non-hydrogen) atoms. The average molecular weight is 469 g/mol. The number of ether oxygens (including phenoxy) is 2. The summed E-state index contributed by atoms with van der Waals surface area (Å²) < 4.78 is 11.1. The Kier molecular flexibility index (Phi) is 5.58. The quantitative estimate of drug-likeness (QED) is 0.394. The van der Waals surface area contributed by atoms with Gasteiger partial charge in [0, 0.05) is 25.2 Å². The van der Waals surface area contributed by atoms with Gasteiger partial charge in [-0.05, 0) is 68.4 Å². The number of methoxy groups -OCH3 is 1. The van der Waals surface area contributed by atoms with Crippen LogP contribution in [0.4, 0.5) is 16.2 Å². The highest BCUT2D eigenvalue weighted by Gasteiger charge is 2.60. The van der Waals surface area contributed by atoms with E-state index in [1.165, 1.54) is 25.3 Å². The number of nitrogens with zero attached hydrogens (tertiary/aromatic N) is 3. The molecule has 1 unspecified atom stereocenters. The molecule has 3 atom stereocenters. The monoisotopic (exact) mass is 468 g/mol. The molecule has 1 amide bonds. The summed E-state index contributed by atoms with van der Waals surface area (Å²) in [4.78, 5) is 38.0. The minimum Gasteiger partial charge on any atom is -0.469 e. The molecule has 1 aromatic rings. The lowest BCUT2D eigenvalue weighted by atomic mass is 9.48. The predicted molar refractivity (Wildman–Crippen MR) is 120 cm³/mol. The van der Waals surface area contributed by atoms with E-state index in [1.807, 2.05) is 6.07 Å². The van der Waals surface area contributed by atoms with Gasteiger partial charge >= 0.3 is 12.1 Å². The Balaban J connectivity index is 1.21. The Hall–Kier alpha value is -3.35. The van der Waals surface area contributed by atoms with Gasteiger partial charge in [0.05, 0.1) is 29.1 Å². The fourth-order valence-electron chi connectivity index (χ4n) is 6.97. The highest BCUT2D eigenvalue weighted by Crippen LogP contribution is 2.61. The highest BCUT2D eigenvalue weighted by molar-refractivity contribution is 5.77. The van der Waals surface area contributed by atoms with Crippen LogP contribution in [-0.2, 0) is 14.3 Å². The molecule has 4 saturated carbocycles. The van der Waals surface area contributed by atoms with Crippen LogP contribution in [-0.4, -0.2) is 54.2 Å². The number of esters is 1. The van der Waals surface area contributed by atoms with E-state index >= 15 is 0 Å². The van der Waals surface area contributed by atoms with E-state index < -0.39 is 10.3 Å². The minimum absolute atomic E-state index is 0.123. The van der Waals surface area contributed by atoms with Crippen molar-refractivity contribution in [2.24, 2.45) is 23.2 Å². The second kappa shape index (κ2) is 8.46. The van der Waals surface area contributed by atoms with E-state index in [1.54, 1.807) is 4.90 Å². The van der Waals surface area contributed by atoms with Crippen molar-refractivity contribution in [2.45, 2.75) is 50.7 Å². The lowest BCUT2D eigenvalue weighted by Crippen LogP contribution is -2.58. The summed E-state index contributed by atoms with van der Waals surface area (Å²) in [5.41, 5.74) is -0.0165. The number of benzene rings is 1. The Labute approximate surface area is 197 Å². The largest absolute Gasteiger partial charge is 0.469 e. The molecule has 10 heteroatoms. The van der Waals surface area contributed by atoms with Crippen LogP contribution in [0.3, 0.4) is 0 Å². The number of carbonyl (C=O) groups excluding carboxylic acids is 2. The Bertz CT molecular complexity index is 1050. The van der Waals surface area contributed by atoms with Crippen LogP contribution in [0.25, 0.3) is 0 Å². The summed E-state index contributed by atoms with van der Waals surface area (Å²) in [6.45, 7) is 0.879. The fourth-order valence-corrected chi connectivity index (χ4v) is 6.97. The maximum Gasteiger partial charge on any atom is 0.410 e. The van der Waals surface area contributed by atoms with Crippen LogP contribution in [0.1, 0.15) is 44.1 Å². The molecular weight excluding hydrogens is 440 g/mol. The average Bonchev–Trinajstić information content (AvgIpc) is 3.29. The predicted octanol–water partition coefficient (Wildman–Crippen LogP) is 3.46. The number of hydrogen-bond acceptors (Lipinski definition) is 8. The summed E-state index contributed by atoms with van der Waals surface area (Å²) in [7, 11) is 1.45. The van der Waals surface area contributed by atoms with E-state index in [0.717, 1.165) is 32.1 Å². The second-order valence-electron chi connectivity index (χ2n) is 10.3. The number of likely N-dealkylation sites (tertiary alicyclic amines) is 1. The van der Waals surface area contributed by atoms with E-state index in [9.17, 15) is 19.7 Å². The van der Waals surface area contributed by atoms with Crippen molar-refractivity contribution in [1.82, 2.24) is 4.90 Å². The molecular formula is C24H28N4O6. The summed E-state index contributed by atoms with van der Waals surface area (Å²) in [5.74, 6) is 0.747. The molecule has 4 aliphatic carbocycles. The van der Waals surface area contributed by atoms with Gasteiger partial charge in [-0.15, -0.1) is 0 Å². The number of rotatable bonds is 5. The zero-order valence-electron chi connectivity index (χ0n) is 19.1. The van der Waals surface area contributed by atoms with Crippen LogP contribution in [0, 0.1) is 44.6 Å². The number of hydrogen-bond donors (Lipinski definition) is 1. The van der Waals surface area contributed by atoms with Crippen molar-refractivity contribution < 1.29 is 24.0 Å². The molecule has 0 radical (unpaired) electrons. The second-order valence-corrected chi connectivity index (χ2v) is 10.3. The number of carbonyl (C=O) groups is 2. The Morgan fingerprint density at radius 1 is 1.26 bits per heavy atom. The lowest BCUT2D eigenvalue weighted by Gasteiger charge is -2.57. The minimum atomic E-state index is -0.516. The van der Waals surface area contributed by atoms with Crippen LogP contribution < -0.4 is 5.32 Å². The van der Waals surface area contributed by atoms with Gasteiger partial charge in [-0.2, -0.15) is 5.26 Å². The van der Waals surface area contributed by atoms with E-state index in [0.29, 0.717) is 31.1 Å². The molecule has 1 N–H and O–H groups in total. The van der Waals surface area contributed by atoms with Gasteiger partial charge in [0.15, 0.2) is 0 Å². The highest BCUT2D eigenvalue weighted by atomic mass is 16.6. The van der Waals surface area contributed by atoms with Crippen molar-refractivity contribution in [3.63, 3.8) is 0 Å². The van der Waals surface area contributed by atoms with E-state index in [4.69, 9.17) is 14.7 Å². The van der Waals surface area contributed by atoms with Crippen LogP contribution >= 0.6 is 0 Å². The molecule has 1 aliphatic heterocycles. The van der Waals surface area contributed by atoms with Gasteiger partial charge < -0.3 is 19.7 Å². The zero-order valence-corrected chi connectivity index (χ0v) is 19.1. The van der Waals surface area contributed by atoms with Crippen LogP contribution in [0.2, 0.25) is 0 Å². The number of nitro benzene ring substituents is 1. The smallest absolute Gasteiger partial charge is 0.410 e. The Morgan fingerprint density at radius 2 is 2.00 bits per heavy atom. The van der Waals surface area contributed by atoms with Crippen molar-refractivity contribution >= 4 is 23.4 Å². The van der Waals surface area contributed by atoms with Crippen molar-refractivity contribution in [2.75, 3.05) is 25.5 Å². The third kappa shape index (κ3) is 3.83. The van der Waals surface area contributed by atoms with Crippen molar-refractivity contribution in [3.05, 3.63) is 33.9 Å². The van der Waals surface area contributed by atoms with E-state index in [-0.39, 0.29) is 47.3 Å². The molecule has 6 rings (SSSR count). The molecule has 1 heterocycles. The number of amides is 1. The third-order valence-corrected chi connectivity index (χ3v) is 8.17. The van der Waals surface area contributed by atoms with Gasteiger partial charge in [-0.1, -0.05) is 0 Å².